The Hall–Kier alpha value is -0.240. The van der Waals surface area contributed by atoms with E-state index in [0.29, 0.717) is 31.6 Å². The van der Waals surface area contributed by atoms with Crippen LogP contribution in [0.4, 0.5) is 0 Å². The lowest BCUT2D eigenvalue weighted by Gasteiger charge is -2.61. The minimum atomic E-state index is -0.937. The van der Waals surface area contributed by atoms with E-state index < -0.39 is 16.7 Å². The van der Waals surface area contributed by atoms with Gasteiger partial charge in [0.1, 0.15) is 0 Å². The van der Waals surface area contributed by atoms with Gasteiger partial charge in [0, 0.05) is 12.0 Å². The van der Waals surface area contributed by atoms with Crippen LogP contribution in [0, 0.1) is 5.92 Å². The number of nitrogens with two attached hydrogens (primary N) is 1. The fourth-order valence-electron chi connectivity index (χ4n) is 5.11. The zero-order chi connectivity index (χ0) is 16.8. The standard InChI is InChI=1S/C16H32N2O4/c1-6-13(3,4)18(22-21-17)15-7-12(2)8-16(20,11-15)10-14(5,19)9-15/h12,19-20H,6-11,17H2,1-5H3. The van der Waals surface area contributed by atoms with Crippen LogP contribution in [-0.2, 0) is 9.98 Å². The van der Waals surface area contributed by atoms with E-state index in [-0.39, 0.29) is 5.54 Å². The Morgan fingerprint density at radius 2 is 1.86 bits per heavy atom. The molecule has 4 N–H and O–H groups in total. The van der Waals surface area contributed by atoms with Crippen LogP contribution in [-0.4, -0.2) is 37.6 Å². The van der Waals surface area contributed by atoms with E-state index in [1.807, 2.05) is 0 Å². The van der Waals surface area contributed by atoms with Crippen LogP contribution in [0.5, 0.6) is 0 Å². The van der Waals surface area contributed by atoms with Crippen LogP contribution in [0.25, 0.3) is 0 Å². The first-order chi connectivity index (χ1) is 9.98. The summed E-state index contributed by atoms with van der Waals surface area (Å²) in [6.07, 6.45) is 3.85. The molecule has 4 atom stereocenters. The average Bonchev–Trinajstić information content (AvgIpc) is 2.30. The predicted octanol–water partition coefficient (Wildman–Crippen LogP) is 2.05. The molecular formula is C16H32N2O4. The maximum Gasteiger partial charge on any atom is 0.0696 e. The van der Waals surface area contributed by atoms with Crippen molar-refractivity contribution in [2.75, 3.05) is 0 Å². The van der Waals surface area contributed by atoms with E-state index in [4.69, 9.17) is 10.9 Å². The van der Waals surface area contributed by atoms with Crippen LogP contribution in [0.15, 0.2) is 0 Å². The molecule has 0 aromatic heterocycles. The lowest BCUT2D eigenvalue weighted by atomic mass is 9.56. The third-order valence-corrected chi connectivity index (χ3v) is 5.50. The molecule has 6 heteroatoms. The van der Waals surface area contributed by atoms with Crippen LogP contribution >= 0.6 is 0 Å². The summed E-state index contributed by atoms with van der Waals surface area (Å²) in [7, 11) is 0. The molecule has 2 aliphatic carbocycles. The van der Waals surface area contributed by atoms with Crippen LogP contribution in [0.2, 0.25) is 0 Å². The molecule has 0 amide bonds. The summed E-state index contributed by atoms with van der Waals surface area (Å²) in [6.45, 7) is 10.1. The summed E-state index contributed by atoms with van der Waals surface area (Å²) < 4.78 is 0. The van der Waals surface area contributed by atoms with E-state index >= 15 is 0 Å². The van der Waals surface area contributed by atoms with Crippen molar-refractivity contribution in [1.82, 2.24) is 5.06 Å². The minimum absolute atomic E-state index is 0.329. The van der Waals surface area contributed by atoms with Gasteiger partial charge in [-0.3, -0.25) is 0 Å². The second kappa shape index (κ2) is 5.69. The van der Waals surface area contributed by atoms with Crippen molar-refractivity contribution in [2.24, 2.45) is 11.8 Å². The van der Waals surface area contributed by atoms with Crippen LogP contribution < -0.4 is 5.90 Å². The summed E-state index contributed by atoms with van der Waals surface area (Å²) >= 11 is 0. The second-order valence-corrected chi connectivity index (χ2v) is 8.62. The summed E-state index contributed by atoms with van der Waals surface area (Å²) in [6, 6.07) is 0. The van der Waals surface area contributed by atoms with Crippen molar-refractivity contribution in [2.45, 2.75) is 95.4 Å². The topological polar surface area (TPSA) is 88.2 Å². The first-order valence-electron chi connectivity index (χ1n) is 8.26. The molecule has 6 nitrogen and oxygen atoms in total. The van der Waals surface area contributed by atoms with Crippen molar-refractivity contribution >= 4 is 0 Å². The molecule has 2 aliphatic rings. The number of fused-ring (bicyclic) bond motifs is 2. The molecule has 2 fully saturated rings. The van der Waals surface area contributed by atoms with E-state index in [1.165, 1.54) is 0 Å². The van der Waals surface area contributed by atoms with Gasteiger partial charge in [-0.2, -0.15) is 5.90 Å². The molecule has 22 heavy (non-hydrogen) atoms. The zero-order valence-electron chi connectivity index (χ0n) is 14.6. The maximum atomic E-state index is 11.0. The third kappa shape index (κ3) is 3.32. The third-order valence-electron chi connectivity index (χ3n) is 5.50. The highest BCUT2D eigenvalue weighted by molar-refractivity contribution is 5.12. The fourth-order valence-corrected chi connectivity index (χ4v) is 5.11. The minimum Gasteiger partial charge on any atom is -0.390 e. The molecule has 0 radical (unpaired) electrons. The summed E-state index contributed by atoms with van der Waals surface area (Å²) in [4.78, 5) is 9.92. The second-order valence-electron chi connectivity index (χ2n) is 8.62. The molecule has 0 aromatic carbocycles. The molecule has 2 rings (SSSR count). The molecule has 2 saturated carbocycles. The molecular weight excluding hydrogens is 284 g/mol. The highest BCUT2D eigenvalue weighted by atomic mass is 17.3. The van der Waals surface area contributed by atoms with Gasteiger partial charge in [0.2, 0.25) is 0 Å². The van der Waals surface area contributed by atoms with Gasteiger partial charge in [0.15, 0.2) is 0 Å². The molecule has 0 heterocycles. The van der Waals surface area contributed by atoms with Gasteiger partial charge < -0.3 is 10.2 Å². The maximum absolute atomic E-state index is 11.0. The number of hydrogen-bond donors (Lipinski definition) is 3. The lowest BCUT2D eigenvalue weighted by molar-refractivity contribution is -0.486. The Labute approximate surface area is 133 Å². The molecule has 0 aromatic rings. The average molecular weight is 316 g/mol. The summed E-state index contributed by atoms with van der Waals surface area (Å²) in [5, 5.41) is 23.5. The Morgan fingerprint density at radius 1 is 1.23 bits per heavy atom. The van der Waals surface area contributed by atoms with Crippen molar-refractivity contribution in [3.63, 3.8) is 0 Å². The van der Waals surface area contributed by atoms with E-state index in [9.17, 15) is 10.2 Å². The monoisotopic (exact) mass is 316 g/mol. The molecule has 0 saturated heterocycles. The molecule has 130 valence electrons. The van der Waals surface area contributed by atoms with Crippen molar-refractivity contribution < 1.29 is 20.2 Å². The van der Waals surface area contributed by atoms with Gasteiger partial charge >= 0.3 is 0 Å². The highest BCUT2D eigenvalue weighted by Crippen LogP contribution is 2.55. The Morgan fingerprint density at radius 3 is 2.41 bits per heavy atom. The van der Waals surface area contributed by atoms with E-state index in [0.717, 1.165) is 12.8 Å². The van der Waals surface area contributed by atoms with Crippen molar-refractivity contribution in [3.05, 3.63) is 0 Å². The Kier molecular flexibility index (Phi) is 4.68. The predicted molar refractivity (Wildman–Crippen MR) is 83.1 cm³/mol. The molecule has 0 spiro atoms. The zero-order valence-corrected chi connectivity index (χ0v) is 14.6. The Bertz CT molecular complexity index is 411. The van der Waals surface area contributed by atoms with Gasteiger partial charge in [0.25, 0.3) is 0 Å². The molecule has 2 bridgehead atoms. The number of aliphatic hydroxyl groups is 2. The molecule has 0 aliphatic heterocycles. The van der Waals surface area contributed by atoms with Crippen molar-refractivity contribution in [3.8, 4) is 0 Å². The van der Waals surface area contributed by atoms with E-state index in [1.54, 1.807) is 12.0 Å². The fraction of sp³-hybridized carbons (Fsp3) is 1.00. The summed E-state index contributed by atoms with van der Waals surface area (Å²) in [5.74, 6) is 5.54. The van der Waals surface area contributed by atoms with Gasteiger partial charge in [-0.05, 0) is 58.8 Å². The Balaban J connectivity index is 2.45. The number of hydroxylamine groups is 2. The number of nitrogens with zero attached hydrogens (tertiary/aromatic N) is 1. The van der Waals surface area contributed by atoms with Gasteiger partial charge in [0.05, 0.1) is 16.7 Å². The first-order valence-corrected chi connectivity index (χ1v) is 8.26. The van der Waals surface area contributed by atoms with Gasteiger partial charge in [-0.15, -0.1) is 15.0 Å². The number of rotatable bonds is 5. The van der Waals surface area contributed by atoms with Crippen LogP contribution in [0.1, 0.15) is 73.1 Å². The smallest absolute Gasteiger partial charge is 0.0696 e. The first kappa shape index (κ1) is 18.1. The normalized spacial score (nSPS) is 42.7. The lowest BCUT2D eigenvalue weighted by Crippen LogP contribution is -2.69. The highest BCUT2D eigenvalue weighted by Gasteiger charge is 2.60. The quantitative estimate of drug-likeness (QED) is 0.531. The SMILES string of the molecule is CCC(C)(C)N(OON)C12CC(C)CC(O)(CC(C)(O)C1)C2. The van der Waals surface area contributed by atoms with E-state index in [2.05, 4.69) is 32.7 Å². The van der Waals surface area contributed by atoms with Crippen LogP contribution in [0.3, 0.4) is 0 Å². The van der Waals surface area contributed by atoms with Crippen molar-refractivity contribution in [1.29, 1.82) is 0 Å². The van der Waals surface area contributed by atoms with Gasteiger partial charge in [-0.25, -0.2) is 0 Å². The number of hydrogen-bond acceptors (Lipinski definition) is 6. The largest absolute Gasteiger partial charge is 0.390 e. The molecule has 4 unspecified atom stereocenters. The summed E-state index contributed by atoms with van der Waals surface area (Å²) in [5.41, 5.74) is -2.63. The van der Waals surface area contributed by atoms with Gasteiger partial charge in [-0.1, -0.05) is 13.8 Å².